The summed E-state index contributed by atoms with van der Waals surface area (Å²) in [4.78, 5) is 26.0. The number of hydrogen-bond donors (Lipinski definition) is 2. The number of nitrogens with one attached hydrogen (secondary N) is 2. The third-order valence-electron chi connectivity index (χ3n) is 3.88. The average molecular weight is 343 g/mol. The average Bonchev–Trinajstić information content (AvgIpc) is 2.62. The third-order valence-corrected chi connectivity index (χ3v) is 3.88. The molecule has 1 aliphatic heterocycles. The fraction of sp³-hybridized carbons (Fsp3) is 0.222. The van der Waals surface area contributed by atoms with Crippen molar-refractivity contribution >= 4 is 23.2 Å². The van der Waals surface area contributed by atoms with Gasteiger partial charge >= 0.3 is 0 Å². The maximum absolute atomic E-state index is 13.7. The molecule has 0 spiro atoms. The van der Waals surface area contributed by atoms with E-state index in [4.69, 9.17) is 4.74 Å². The van der Waals surface area contributed by atoms with E-state index in [1.54, 1.807) is 29.2 Å². The predicted molar refractivity (Wildman–Crippen MR) is 92.2 cm³/mol. The minimum Gasteiger partial charge on any atom is -0.477 e. The van der Waals surface area contributed by atoms with Crippen molar-refractivity contribution < 1.29 is 18.7 Å². The van der Waals surface area contributed by atoms with E-state index < -0.39 is 11.9 Å². The Morgan fingerprint density at radius 2 is 1.92 bits per heavy atom. The van der Waals surface area contributed by atoms with Crippen molar-refractivity contribution in [1.29, 1.82) is 0 Å². The van der Waals surface area contributed by atoms with E-state index >= 15 is 0 Å². The van der Waals surface area contributed by atoms with Crippen LogP contribution in [0, 0.1) is 5.82 Å². The zero-order chi connectivity index (χ0) is 17.8. The minimum absolute atomic E-state index is 0.0256. The molecule has 1 heterocycles. The third kappa shape index (κ3) is 3.71. The van der Waals surface area contributed by atoms with Crippen LogP contribution < -0.4 is 20.3 Å². The van der Waals surface area contributed by atoms with Gasteiger partial charge in [-0.2, -0.15) is 0 Å². The van der Waals surface area contributed by atoms with E-state index in [0.717, 1.165) is 0 Å². The molecule has 25 heavy (non-hydrogen) atoms. The topological polar surface area (TPSA) is 70.7 Å². The number of anilines is 2. The monoisotopic (exact) mass is 343 g/mol. The molecule has 2 aromatic rings. The number of hydrogen-bond acceptors (Lipinski definition) is 4. The van der Waals surface area contributed by atoms with E-state index in [1.807, 2.05) is 12.1 Å². The molecule has 3 rings (SSSR count). The smallest absolute Gasteiger partial charge is 0.262 e. The number of likely N-dealkylation sites (N-methyl/N-ethyl adjacent to an activating group) is 1. The van der Waals surface area contributed by atoms with Crippen molar-refractivity contribution in [2.24, 2.45) is 0 Å². The molecule has 0 saturated carbocycles. The van der Waals surface area contributed by atoms with Crippen LogP contribution >= 0.6 is 0 Å². The lowest BCUT2D eigenvalue weighted by atomic mass is 10.1. The van der Waals surface area contributed by atoms with E-state index in [1.165, 1.54) is 19.2 Å². The molecule has 1 atom stereocenters. The molecule has 7 heteroatoms. The molecular weight excluding hydrogens is 325 g/mol. The van der Waals surface area contributed by atoms with Gasteiger partial charge in [-0.15, -0.1) is 0 Å². The molecule has 0 bridgehead atoms. The van der Waals surface area contributed by atoms with E-state index in [0.29, 0.717) is 11.4 Å². The van der Waals surface area contributed by atoms with Gasteiger partial charge in [-0.1, -0.05) is 24.3 Å². The van der Waals surface area contributed by atoms with Crippen LogP contribution in [0.4, 0.5) is 15.8 Å². The quantitative estimate of drug-likeness (QED) is 0.888. The second-order valence-corrected chi connectivity index (χ2v) is 5.60. The molecule has 0 radical (unpaired) electrons. The fourth-order valence-corrected chi connectivity index (χ4v) is 2.68. The number of carbonyl (C=O) groups is 2. The summed E-state index contributed by atoms with van der Waals surface area (Å²) in [6.07, 6.45) is -0.721. The second-order valence-electron chi connectivity index (χ2n) is 5.60. The zero-order valence-corrected chi connectivity index (χ0v) is 13.7. The molecule has 1 aliphatic rings. The van der Waals surface area contributed by atoms with Crippen molar-refractivity contribution in [2.75, 3.05) is 30.4 Å². The summed E-state index contributed by atoms with van der Waals surface area (Å²) in [5.74, 6) is -0.617. The van der Waals surface area contributed by atoms with Crippen molar-refractivity contribution in [3.05, 3.63) is 54.3 Å². The highest BCUT2D eigenvalue weighted by molar-refractivity contribution is 5.95. The van der Waals surface area contributed by atoms with Crippen LogP contribution in [0.2, 0.25) is 0 Å². The summed E-state index contributed by atoms with van der Waals surface area (Å²) >= 11 is 0. The van der Waals surface area contributed by atoms with Gasteiger partial charge in [0.1, 0.15) is 11.6 Å². The lowest BCUT2D eigenvalue weighted by Crippen LogP contribution is -2.50. The lowest BCUT2D eigenvalue weighted by molar-refractivity contribution is -0.127. The van der Waals surface area contributed by atoms with Crippen LogP contribution in [0.3, 0.4) is 0 Å². The van der Waals surface area contributed by atoms with Crippen molar-refractivity contribution in [3.8, 4) is 5.75 Å². The second kappa shape index (κ2) is 7.21. The Morgan fingerprint density at radius 1 is 1.20 bits per heavy atom. The molecule has 6 nitrogen and oxygen atoms in total. The predicted octanol–water partition coefficient (Wildman–Crippen LogP) is 1.78. The maximum Gasteiger partial charge on any atom is 0.262 e. The first-order valence-corrected chi connectivity index (χ1v) is 7.85. The number of para-hydroxylation sites is 3. The van der Waals surface area contributed by atoms with Crippen LogP contribution in [-0.2, 0) is 9.59 Å². The highest BCUT2D eigenvalue weighted by Crippen LogP contribution is 2.33. The van der Waals surface area contributed by atoms with E-state index in [2.05, 4.69) is 10.6 Å². The highest BCUT2D eigenvalue weighted by Gasteiger charge is 2.31. The van der Waals surface area contributed by atoms with Gasteiger partial charge in [0.2, 0.25) is 5.91 Å². The summed E-state index contributed by atoms with van der Waals surface area (Å²) in [7, 11) is 1.53. The van der Waals surface area contributed by atoms with Gasteiger partial charge in [-0.05, 0) is 24.3 Å². The first kappa shape index (κ1) is 16.8. The molecule has 0 aromatic heterocycles. The Kier molecular flexibility index (Phi) is 4.83. The number of benzene rings is 2. The summed E-state index contributed by atoms with van der Waals surface area (Å²) in [5.41, 5.74) is 0.836. The summed E-state index contributed by atoms with van der Waals surface area (Å²) in [6.45, 7) is 0.198. The number of ether oxygens (including phenoxy) is 1. The molecular formula is C18H18FN3O3. The van der Waals surface area contributed by atoms with Gasteiger partial charge in [0.15, 0.2) is 6.10 Å². The highest BCUT2D eigenvalue weighted by atomic mass is 19.1. The standard InChI is InChI=1S/C18H18FN3O3/c1-20-18(24)16-10-22(14-8-4-5-9-15(14)25-16)11-17(23)21-13-7-3-2-6-12(13)19/h2-9,16H,10-11H2,1H3,(H,20,24)(H,21,23). The Hall–Kier alpha value is -3.09. The van der Waals surface area contributed by atoms with Gasteiger partial charge < -0.3 is 20.3 Å². The number of rotatable bonds is 4. The number of halogens is 1. The molecule has 2 N–H and O–H groups in total. The Balaban J connectivity index is 1.77. The normalized spacial score (nSPS) is 15.8. The van der Waals surface area contributed by atoms with E-state index in [-0.39, 0.29) is 30.6 Å². The van der Waals surface area contributed by atoms with Gasteiger partial charge in [-0.3, -0.25) is 9.59 Å². The van der Waals surface area contributed by atoms with Crippen LogP contribution in [-0.4, -0.2) is 38.1 Å². The molecule has 2 aromatic carbocycles. The van der Waals surface area contributed by atoms with Crippen LogP contribution in [0.5, 0.6) is 5.75 Å². The van der Waals surface area contributed by atoms with E-state index in [9.17, 15) is 14.0 Å². The van der Waals surface area contributed by atoms with Crippen molar-refractivity contribution in [2.45, 2.75) is 6.10 Å². The minimum atomic E-state index is -0.721. The van der Waals surface area contributed by atoms with Gasteiger partial charge in [-0.25, -0.2) is 4.39 Å². The van der Waals surface area contributed by atoms with Crippen LogP contribution in [0.25, 0.3) is 0 Å². The first-order valence-electron chi connectivity index (χ1n) is 7.85. The van der Waals surface area contributed by atoms with Crippen LogP contribution in [0.1, 0.15) is 0 Å². The lowest BCUT2D eigenvalue weighted by Gasteiger charge is -2.34. The molecule has 1 unspecified atom stereocenters. The Labute approximate surface area is 144 Å². The Morgan fingerprint density at radius 3 is 2.68 bits per heavy atom. The number of nitrogens with zero attached hydrogens (tertiary/aromatic N) is 1. The molecule has 2 amide bonds. The van der Waals surface area contributed by atoms with Gasteiger partial charge in [0, 0.05) is 7.05 Å². The van der Waals surface area contributed by atoms with Crippen molar-refractivity contribution in [1.82, 2.24) is 5.32 Å². The molecule has 0 aliphatic carbocycles. The molecule has 0 saturated heterocycles. The number of carbonyl (C=O) groups excluding carboxylic acids is 2. The fourth-order valence-electron chi connectivity index (χ4n) is 2.68. The first-order chi connectivity index (χ1) is 12.1. The summed E-state index contributed by atoms with van der Waals surface area (Å²) < 4.78 is 19.4. The summed E-state index contributed by atoms with van der Waals surface area (Å²) in [5, 5.41) is 5.10. The maximum atomic E-state index is 13.7. The Bertz CT molecular complexity index is 797. The molecule has 0 fully saturated rings. The SMILES string of the molecule is CNC(=O)C1CN(CC(=O)Nc2ccccc2F)c2ccccc2O1. The van der Waals surface area contributed by atoms with Gasteiger partial charge in [0.05, 0.1) is 24.5 Å². The van der Waals surface area contributed by atoms with Crippen LogP contribution in [0.15, 0.2) is 48.5 Å². The summed E-state index contributed by atoms with van der Waals surface area (Å²) in [6, 6.07) is 13.1. The van der Waals surface area contributed by atoms with Gasteiger partial charge in [0.25, 0.3) is 5.91 Å². The molecule has 130 valence electrons. The van der Waals surface area contributed by atoms with Crippen molar-refractivity contribution in [3.63, 3.8) is 0 Å². The number of amides is 2. The number of fused-ring (bicyclic) bond motifs is 1. The zero-order valence-electron chi connectivity index (χ0n) is 13.7. The largest absolute Gasteiger partial charge is 0.477 e.